The molecule has 40 heavy (non-hydrogen) atoms. The summed E-state index contributed by atoms with van der Waals surface area (Å²) < 4.78 is 11.0. The molecule has 2 aromatic heterocycles. The van der Waals surface area contributed by atoms with Crippen molar-refractivity contribution in [3.05, 3.63) is 89.5 Å². The van der Waals surface area contributed by atoms with Crippen molar-refractivity contribution in [3.63, 3.8) is 0 Å². The van der Waals surface area contributed by atoms with E-state index in [1.165, 1.54) is 40.6 Å². The van der Waals surface area contributed by atoms with E-state index >= 15 is 0 Å². The number of aromatic nitrogens is 2. The van der Waals surface area contributed by atoms with Crippen molar-refractivity contribution in [2.45, 2.75) is 36.9 Å². The minimum absolute atomic E-state index is 0.0785. The number of oxazole rings is 1. The predicted molar refractivity (Wildman–Crippen MR) is 151 cm³/mol. The Bertz CT molecular complexity index is 1490. The SMILES string of the molecule is O=C(NC1CC1)c1ccc(-c2csc(NC(=O)C3CS[C@H](c4cnco4)N3C(=O)OCc3ccccc3)n2)cc1. The lowest BCUT2D eigenvalue weighted by atomic mass is 10.1. The maximum absolute atomic E-state index is 13.4. The highest BCUT2D eigenvalue weighted by Crippen LogP contribution is 2.42. The number of amides is 3. The van der Waals surface area contributed by atoms with E-state index in [0.717, 1.165) is 24.0 Å². The lowest BCUT2D eigenvalue weighted by molar-refractivity contribution is -0.120. The predicted octanol–water partition coefficient (Wildman–Crippen LogP) is 5.08. The molecule has 1 aliphatic heterocycles. The summed E-state index contributed by atoms with van der Waals surface area (Å²) in [6.45, 7) is 0.0785. The summed E-state index contributed by atoms with van der Waals surface area (Å²) in [5, 5.41) is 7.51. The van der Waals surface area contributed by atoms with Crippen molar-refractivity contribution in [2.75, 3.05) is 11.1 Å². The number of carbonyl (C=O) groups is 3. The van der Waals surface area contributed by atoms with Gasteiger partial charge in [-0.15, -0.1) is 23.1 Å². The van der Waals surface area contributed by atoms with Gasteiger partial charge < -0.3 is 19.8 Å². The van der Waals surface area contributed by atoms with Crippen LogP contribution in [0.25, 0.3) is 11.3 Å². The molecule has 3 heterocycles. The largest absolute Gasteiger partial charge is 0.445 e. The molecule has 1 aliphatic carbocycles. The van der Waals surface area contributed by atoms with Crippen molar-refractivity contribution in [1.82, 2.24) is 20.2 Å². The third-order valence-electron chi connectivity index (χ3n) is 6.50. The van der Waals surface area contributed by atoms with Crippen LogP contribution in [0, 0.1) is 0 Å². The summed E-state index contributed by atoms with van der Waals surface area (Å²) in [4.78, 5) is 48.8. The summed E-state index contributed by atoms with van der Waals surface area (Å²) in [5.41, 5.74) is 2.94. The third kappa shape index (κ3) is 5.87. The second-order valence-corrected chi connectivity index (χ2v) is 11.4. The van der Waals surface area contributed by atoms with Gasteiger partial charge in [-0.1, -0.05) is 42.5 Å². The summed E-state index contributed by atoms with van der Waals surface area (Å²) in [6, 6.07) is 16.0. The summed E-state index contributed by atoms with van der Waals surface area (Å²) >= 11 is 2.68. The van der Waals surface area contributed by atoms with Crippen LogP contribution in [-0.2, 0) is 16.1 Å². The molecule has 0 radical (unpaired) electrons. The van der Waals surface area contributed by atoms with E-state index in [1.807, 2.05) is 47.8 Å². The Hall–Kier alpha value is -4.16. The van der Waals surface area contributed by atoms with Gasteiger partial charge in [0.05, 0.1) is 11.9 Å². The number of anilines is 1. The van der Waals surface area contributed by atoms with Crippen molar-refractivity contribution < 1.29 is 23.5 Å². The lowest BCUT2D eigenvalue weighted by Crippen LogP contribution is -2.45. The fraction of sp³-hybridized carbons (Fsp3) is 0.250. The van der Waals surface area contributed by atoms with E-state index in [-0.39, 0.29) is 18.4 Å². The summed E-state index contributed by atoms with van der Waals surface area (Å²) in [6.07, 6.45) is 4.26. The van der Waals surface area contributed by atoms with Crippen molar-refractivity contribution in [2.24, 2.45) is 0 Å². The molecule has 4 aromatic rings. The first-order valence-corrected chi connectivity index (χ1v) is 14.6. The van der Waals surface area contributed by atoms with Gasteiger partial charge in [-0.25, -0.2) is 14.8 Å². The summed E-state index contributed by atoms with van der Waals surface area (Å²) in [7, 11) is 0. The topological polar surface area (TPSA) is 127 Å². The molecule has 2 fully saturated rings. The molecule has 3 amide bonds. The average molecular weight is 576 g/mol. The van der Waals surface area contributed by atoms with Gasteiger partial charge in [0.2, 0.25) is 5.91 Å². The smallest absolute Gasteiger partial charge is 0.412 e. The van der Waals surface area contributed by atoms with Gasteiger partial charge in [0.1, 0.15) is 18.0 Å². The molecule has 0 spiro atoms. The first kappa shape index (κ1) is 26.1. The van der Waals surface area contributed by atoms with Gasteiger partial charge in [0.25, 0.3) is 5.91 Å². The van der Waals surface area contributed by atoms with Gasteiger partial charge in [-0.2, -0.15) is 0 Å². The van der Waals surface area contributed by atoms with Crippen LogP contribution in [0.15, 0.2) is 77.0 Å². The number of hydrogen-bond acceptors (Lipinski definition) is 9. The first-order valence-electron chi connectivity index (χ1n) is 12.7. The molecular weight excluding hydrogens is 550 g/mol. The third-order valence-corrected chi connectivity index (χ3v) is 8.54. The fourth-order valence-corrected chi connectivity index (χ4v) is 6.31. The zero-order valence-electron chi connectivity index (χ0n) is 21.2. The first-order chi connectivity index (χ1) is 19.5. The Kier molecular flexibility index (Phi) is 7.51. The van der Waals surface area contributed by atoms with Gasteiger partial charge in [-0.05, 0) is 30.5 Å². The zero-order valence-corrected chi connectivity index (χ0v) is 22.8. The van der Waals surface area contributed by atoms with E-state index in [4.69, 9.17) is 9.15 Å². The Balaban J connectivity index is 1.13. The maximum Gasteiger partial charge on any atom is 0.412 e. The van der Waals surface area contributed by atoms with Crippen LogP contribution in [0.2, 0.25) is 0 Å². The second kappa shape index (κ2) is 11.5. The number of thioether (sulfide) groups is 1. The van der Waals surface area contributed by atoms with Gasteiger partial charge in [-0.3, -0.25) is 14.5 Å². The maximum atomic E-state index is 13.4. The van der Waals surface area contributed by atoms with Crippen molar-refractivity contribution in [3.8, 4) is 11.3 Å². The zero-order chi connectivity index (χ0) is 27.5. The van der Waals surface area contributed by atoms with E-state index in [0.29, 0.717) is 33.9 Å². The average Bonchev–Trinajstić information content (AvgIpc) is 3.36. The number of ether oxygens (including phenoxy) is 1. The highest BCUT2D eigenvalue weighted by Gasteiger charge is 2.45. The Labute approximate surface area is 238 Å². The Morgan fingerprint density at radius 1 is 1.07 bits per heavy atom. The van der Waals surface area contributed by atoms with E-state index in [9.17, 15) is 14.4 Å². The Morgan fingerprint density at radius 2 is 1.88 bits per heavy atom. The number of nitrogens with zero attached hydrogens (tertiary/aromatic N) is 3. The number of rotatable bonds is 8. The standard InChI is InChI=1S/C28H25N5O5S2/c34-24(30-20-10-11-20)19-8-6-18(7-9-19)21-14-40-27(31-21)32-25(35)22-15-39-26(23-12-29-16-38-23)33(22)28(36)37-13-17-4-2-1-3-5-17/h1-9,12,14,16,20,22,26H,10-11,13,15H2,(H,30,34)(H,31,32,35)/t22?,26-/m1/s1. The number of thiazole rings is 1. The molecule has 1 saturated heterocycles. The van der Waals surface area contributed by atoms with Crippen LogP contribution in [0.5, 0.6) is 0 Å². The van der Waals surface area contributed by atoms with Crippen LogP contribution in [0.1, 0.15) is 39.9 Å². The highest BCUT2D eigenvalue weighted by molar-refractivity contribution is 7.99. The van der Waals surface area contributed by atoms with E-state index < -0.39 is 17.5 Å². The minimum Gasteiger partial charge on any atom is -0.445 e. The Morgan fingerprint density at radius 3 is 2.60 bits per heavy atom. The van der Waals surface area contributed by atoms with Crippen molar-refractivity contribution >= 4 is 46.1 Å². The molecule has 2 aromatic carbocycles. The minimum atomic E-state index is -0.806. The molecular formula is C28H25N5O5S2. The molecule has 2 N–H and O–H groups in total. The van der Waals surface area contributed by atoms with Crippen LogP contribution in [0.4, 0.5) is 9.93 Å². The molecule has 2 atom stereocenters. The van der Waals surface area contributed by atoms with E-state index in [1.54, 1.807) is 12.1 Å². The molecule has 0 bridgehead atoms. The highest BCUT2D eigenvalue weighted by atomic mass is 32.2. The van der Waals surface area contributed by atoms with Crippen molar-refractivity contribution in [1.29, 1.82) is 0 Å². The monoisotopic (exact) mass is 575 g/mol. The normalized spacial score (nSPS) is 18.4. The molecule has 6 rings (SSSR count). The fourth-order valence-electron chi connectivity index (χ4n) is 4.23. The number of benzene rings is 2. The molecule has 1 unspecified atom stereocenters. The van der Waals surface area contributed by atoms with E-state index in [2.05, 4.69) is 20.6 Å². The van der Waals surface area contributed by atoms with Crippen LogP contribution >= 0.6 is 23.1 Å². The number of nitrogens with one attached hydrogen (secondary N) is 2. The number of carbonyl (C=O) groups excluding carboxylic acids is 3. The van der Waals surface area contributed by atoms with Gasteiger partial charge in [0, 0.05) is 28.3 Å². The van der Waals surface area contributed by atoms with Gasteiger partial charge in [0.15, 0.2) is 17.3 Å². The molecule has 204 valence electrons. The molecule has 1 saturated carbocycles. The molecule has 12 heteroatoms. The molecule has 10 nitrogen and oxygen atoms in total. The van der Waals surface area contributed by atoms with Gasteiger partial charge >= 0.3 is 6.09 Å². The number of hydrogen-bond donors (Lipinski definition) is 2. The van der Waals surface area contributed by atoms with Crippen LogP contribution in [-0.4, -0.2) is 50.6 Å². The lowest BCUT2D eigenvalue weighted by Gasteiger charge is -2.26. The van der Waals surface area contributed by atoms with Crippen LogP contribution in [0.3, 0.4) is 0 Å². The summed E-state index contributed by atoms with van der Waals surface area (Å²) in [5.74, 6) is 0.354. The second-order valence-electron chi connectivity index (χ2n) is 9.40. The quantitative estimate of drug-likeness (QED) is 0.298. The molecule has 2 aliphatic rings. The van der Waals surface area contributed by atoms with Crippen LogP contribution < -0.4 is 10.6 Å².